The van der Waals surface area contributed by atoms with Crippen molar-refractivity contribution in [1.29, 1.82) is 0 Å². The van der Waals surface area contributed by atoms with E-state index < -0.39 is 21.3 Å². The number of nitrogens with two attached hydrogens (primary N) is 1. The molecule has 0 radical (unpaired) electrons. The average molecular weight is 465 g/mol. The Morgan fingerprint density at radius 3 is 2.42 bits per heavy atom. The molecule has 1 amide bonds. The maximum atomic E-state index is 13.1. The molecule has 0 aromatic heterocycles. The van der Waals surface area contributed by atoms with E-state index >= 15 is 0 Å². The third-order valence-electron chi connectivity index (χ3n) is 5.77. The van der Waals surface area contributed by atoms with Crippen LogP contribution in [0.15, 0.2) is 53.4 Å². The molecule has 0 atom stereocenters. The van der Waals surface area contributed by atoms with E-state index in [1.54, 1.807) is 36.4 Å². The quantitative estimate of drug-likeness (QED) is 0.606. The fourth-order valence-electron chi connectivity index (χ4n) is 4.00. The second kappa shape index (κ2) is 10.0. The summed E-state index contributed by atoms with van der Waals surface area (Å²) in [6.07, 6.45) is 3.06. The lowest BCUT2D eigenvalue weighted by atomic mass is 9.76. The molecule has 2 N–H and O–H groups in total. The van der Waals surface area contributed by atoms with Gasteiger partial charge in [0.1, 0.15) is 5.75 Å². The van der Waals surface area contributed by atoms with Crippen molar-refractivity contribution >= 4 is 27.5 Å². The number of amides is 1. The highest BCUT2D eigenvalue weighted by Gasteiger charge is 2.40. The molecule has 1 aliphatic heterocycles. The van der Waals surface area contributed by atoms with E-state index in [-0.39, 0.29) is 13.0 Å². The van der Waals surface area contributed by atoms with Gasteiger partial charge in [0, 0.05) is 29.9 Å². The zero-order chi connectivity index (χ0) is 22.5. The Hall–Kier alpha value is -2.09. The Bertz CT molecular complexity index is 1000. The molecule has 2 aromatic carbocycles. The first-order chi connectivity index (χ1) is 14.7. The lowest BCUT2D eigenvalue weighted by Gasteiger charge is -2.40. The second-order valence-corrected chi connectivity index (χ2v) is 10.6. The molecule has 3 rings (SSSR count). The second-order valence-electron chi connectivity index (χ2n) is 8.19. The van der Waals surface area contributed by atoms with Crippen LogP contribution < -0.4 is 10.5 Å². The van der Waals surface area contributed by atoms with Crippen LogP contribution in [0.4, 0.5) is 0 Å². The van der Waals surface area contributed by atoms with Crippen LogP contribution in [0.5, 0.6) is 5.75 Å². The fraction of sp³-hybridized carbons (Fsp3) is 0.435. The molecule has 8 heteroatoms. The summed E-state index contributed by atoms with van der Waals surface area (Å²) in [7, 11) is -3.59. The zero-order valence-electron chi connectivity index (χ0n) is 17.7. The van der Waals surface area contributed by atoms with Crippen LogP contribution in [0.2, 0.25) is 5.02 Å². The van der Waals surface area contributed by atoms with Crippen molar-refractivity contribution in [2.75, 3.05) is 19.7 Å². The van der Waals surface area contributed by atoms with Gasteiger partial charge in [-0.25, -0.2) is 8.42 Å². The zero-order valence-corrected chi connectivity index (χ0v) is 19.3. The number of hydrogen-bond acceptors (Lipinski definition) is 4. The molecule has 0 unspecified atom stereocenters. The van der Waals surface area contributed by atoms with E-state index in [1.165, 1.54) is 4.31 Å². The summed E-state index contributed by atoms with van der Waals surface area (Å²) < 4.78 is 33.6. The van der Waals surface area contributed by atoms with Crippen molar-refractivity contribution in [2.45, 2.75) is 43.9 Å². The van der Waals surface area contributed by atoms with Crippen molar-refractivity contribution in [3.63, 3.8) is 0 Å². The van der Waals surface area contributed by atoms with Gasteiger partial charge in [0.25, 0.3) is 0 Å². The average Bonchev–Trinajstić information content (AvgIpc) is 2.73. The summed E-state index contributed by atoms with van der Waals surface area (Å²) in [6.45, 7) is 2.99. The van der Waals surface area contributed by atoms with Crippen molar-refractivity contribution in [1.82, 2.24) is 4.31 Å². The lowest BCUT2D eigenvalue weighted by molar-refractivity contribution is -0.121. The molecule has 1 heterocycles. The fourth-order valence-corrected chi connectivity index (χ4v) is 5.62. The van der Waals surface area contributed by atoms with Crippen molar-refractivity contribution in [2.24, 2.45) is 11.1 Å². The van der Waals surface area contributed by atoms with Gasteiger partial charge < -0.3 is 10.5 Å². The highest BCUT2D eigenvalue weighted by molar-refractivity contribution is 7.89. The molecule has 1 aliphatic rings. The highest BCUT2D eigenvalue weighted by Crippen LogP contribution is 2.37. The predicted octanol–water partition coefficient (Wildman–Crippen LogP) is 4.02. The smallest absolute Gasteiger partial charge is 0.243 e. The predicted molar refractivity (Wildman–Crippen MR) is 122 cm³/mol. The van der Waals surface area contributed by atoms with Crippen LogP contribution in [0.1, 0.15) is 38.2 Å². The summed E-state index contributed by atoms with van der Waals surface area (Å²) >= 11 is 6.01. The first kappa shape index (κ1) is 23.6. The van der Waals surface area contributed by atoms with Gasteiger partial charge in [-0.2, -0.15) is 4.31 Å². The van der Waals surface area contributed by atoms with Gasteiger partial charge in [0.2, 0.25) is 15.9 Å². The van der Waals surface area contributed by atoms with Gasteiger partial charge in [-0.1, -0.05) is 43.1 Å². The Kier molecular flexibility index (Phi) is 7.62. The molecule has 0 spiro atoms. The maximum Gasteiger partial charge on any atom is 0.243 e. The van der Waals surface area contributed by atoms with Gasteiger partial charge >= 0.3 is 0 Å². The number of primary amides is 1. The van der Waals surface area contributed by atoms with Gasteiger partial charge in [-0.15, -0.1) is 0 Å². The first-order valence-electron chi connectivity index (χ1n) is 10.5. The number of carbonyl (C=O) groups is 1. The Labute approximate surface area is 189 Å². The minimum absolute atomic E-state index is 0.146. The maximum absolute atomic E-state index is 13.1. The molecule has 0 aliphatic carbocycles. The standard InChI is InChI=1S/C23H29ClN2O4S/c1-2-4-18-7-9-21(10-8-18)31(28,29)26-13-11-23(12-14-26,16-22(25)27)17-30-20-6-3-5-19(24)15-20/h3,5-10,15H,2,4,11-14,16-17H2,1H3,(H2,25,27). The number of ether oxygens (including phenoxy) is 1. The molecular weight excluding hydrogens is 436 g/mol. The van der Waals surface area contributed by atoms with Crippen molar-refractivity contribution < 1.29 is 17.9 Å². The van der Waals surface area contributed by atoms with Crippen LogP contribution >= 0.6 is 11.6 Å². The summed E-state index contributed by atoms with van der Waals surface area (Å²) in [5, 5.41) is 0.562. The van der Waals surface area contributed by atoms with E-state index in [2.05, 4.69) is 6.92 Å². The molecule has 6 nitrogen and oxygen atoms in total. The van der Waals surface area contributed by atoms with Gasteiger partial charge in [0.05, 0.1) is 11.5 Å². The number of halogens is 1. The minimum Gasteiger partial charge on any atom is -0.493 e. The van der Waals surface area contributed by atoms with Crippen LogP contribution in [-0.2, 0) is 21.2 Å². The molecular formula is C23H29ClN2O4S. The number of nitrogens with zero attached hydrogens (tertiary/aromatic N) is 1. The summed E-state index contributed by atoms with van der Waals surface area (Å²) in [5.74, 6) is 0.191. The molecule has 2 aromatic rings. The highest BCUT2D eigenvalue weighted by atomic mass is 35.5. The van der Waals surface area contributed by atoms with Gasteiger partial charge in [-0.05, 0) is 55.2 Å². The topological polar surface area (TPSA) is 89.7 Å². The summed E-state index contributed by atoms with van der Waals surface area (Å²) in [5.41, 5.74) is 6.12. The third-order valence-corrected chi connectivity index (χ3v) is 7.92. The van der Waals surface area contributed by atoms with E-state index in [0.717, 1.165) is 18.4 Å². The van der Waals surface area contributed by atoms with E-state index in [0.29, 0.717) is 41.6 Å². The minimum atomic E-state index is -3.59. The Morgan fingerprint density at radius 1 is 1.16 bits per heavy atom. The molecule has 0 bridgehead atoms. The van der Waals surface area contributed by atoms with Crippen LogP contribution in [0.3, 0.4) is 0 Å². The van der Waals surface area contributed by atoms with Crippen LogP contribution in [-0.4, -0.2) is 38.3 Å². The molecule has 31 heavy (non-hydrogen) atoms. The van der Waals surface area contributed by atoms with E-state index in [9.17, 15) is 13.2 Å². The lowest BCUT2D eigenvalue weighted by Crippen LogP contribution is -2.47. The molecule has 1 fully saturated rings. The number of aryl methyl sites for hydroxylation is 1. The van der Waals surface area contributed by atoms with E-state index in [4.69, 9.17) is 22.1 Å². The van der Waals surface area contributed by atoms with Gasteiger partial charge in [0.15, 0.2) is 0 Å². The number of benzene rings is 2. The van der Waals surface area contributed by atoms with Crippen LogP contribution in [0.25, 0.3) is 0 Å². The molecule has 0 saturated carbocycles. The number of rotatable bonds is 9. The van der Waals surface area contributed by atoms with Gasteiger partial charge in [-0.3, -0.25) is 4.79 Å². The largest absolute Gasteiger partial charge is 0.493 e. The number of carbonyl (C=O) groups excluding carboxylic acids is 1. The van der Waals surface area contributed by atoms with E-state index in [1.807, 2.05) is 12.1 Å². The number of sulfonamides is 1. The van der Waals surface area contributed by atoms with Crippen molar-refractivity contribution in [3.8, 4) is 5.75 Å². The molecule has 1 saturated heterocycles. The SMILES string of the molecule is CCCc1ccc(S(=O)(=O)N2CCC(COc3cccc(Cl)c3)(CC(N)=O)CC2)cc1. The monoisotopic (exact) mass is 464 g/mol. The Morgan fingerprint density at radius 2 is 1.84 bits per heavy atom. The summed E-state index contributed by atoms with van der Waals surface area (Å²) in [6, 6.07) is 14.1. The number of piperidine rings is 1. The first-order valence-corrected chi connectivity index (χ1v) is 12.3. The Balaban J connectivity index is 1.70. The third kappa shape index (κ3) is 5.99. The van der Waals surface area contributed by atoms with Crippen molar-refractivity contribution in [3.05, 3.63) is 59.1 Å². The molecule has 168 valence electrons. The van der Waals surface area contributed by atoms with Crippen LogP contribution in [0, 0.1) is 5.41 Å². The summed E-state index contributed by atoms with van der Waals surface area (Å²) in [4.78, 5) is 12.0. The normalized spacial score (nSPS) is 16.7. The number of hydrogen-bond donors (Lipinski definition) is 1.